The van der Waals surface area contributed by atoms with Crippen molar-refractivity contribution in [2.75, 3.05) is 15.9 Å². The fourth-order valence-corrected chi connectivity index (χ4v) is 5.02. The molecule has 0 spiro atoms. The van der Waals surface area contributed by atoms with E-state index in [2.05, 4.69) is 5.32 Å². The third-order valence-electron chi connectivity index (χ3n) is 4.36. The van der Waals surface area contributed by atoms with Crippen molar-refractivity contribution in [3.63, 3.8) is 0 Å². The normalized spacial score (nSPS) is 12.5. The summed E-state index contributed by atoms with van der Waals surface area (Å²) in [6.07, 6.45) is 1.33. The van der Waals surface area contributed by atoms with Gasteiger partial charge in [-0.05, 0) is 56.5 Å². The SMILES string of the molecule is CC[C@@H](C(=O)Nc1c(C)cc(C)cc1C)N(c1cc(Cl)cc(Cl)c1)S(C)(=O)=O. The summed E-state index contributed by atoms with van der Waals surface area (Å²) in [5.41, 5.74) is 3.85. The van der Waals surface area contributed by atoms with Gasteiger partial charge in [-0.1, -0.05) is 47.8 Å². The van der Waals surface area contributed by atoms with E-state index in [0.717, 1.165) is 27.3 Å². The molecule has 8 heteroatoms. The van der Waals surface area contributed by atoms with Gasteiger partial charge in [0.2, 0.25) is 15.9 Å². The van der Waals surface area contributed by atoms with Crippen molar-refractivity contribution in [1.29, 1.82) is 0 Å². The highest BCUT2D eigenvalue weighted by molar-refractivity contribution is 7.92. The van der Waals surface area contributed by atoms with Crippen LogP contribution in [-0.4, -0.2) is 26.6 Å². The number of carbonyl (C=O) groups is 1. The summed E-state index contributed by atoms with van der Waals surface area (Å²) in [5, 5.41) is 3.47. The van der Waals surface area contributed by atoms with Crippen molar-refractivity contribution < 1.29 is 13.2 Å². The Balaban J connectivity index is 2.48. The van der Waals surface area contributed by atoms with Gasteiger partial charge in [0.1, 0.15) is 6.04 Å². The Bertz CT molecular complexity index is 963. The van der Waals surface area contributed by atoms with Gasteiger partial charge < -0.3 is 5.32 Å². The molecule has 0 saturated heterocycles. The minimum atomic E-state index is -3.77. The van der Waals surface area contributed by atoms with Gasteiger partial charge in [-0.2, -0.15) is 0 Å². The maximum Gasteiger partial charge on any atom is 0.248 e. The van der Waals surface area contributed by atoms with Crippen LogP contribution in [0.1, 0.15) is 30.0 Å². The van der Waals surface area contributed by atoms with E-state index in [1.807, 2.05) is 32.9 Å². The number of sulfonamides is 1. The summed E-state index contributed by atoms with van der Waals surface area (Å²) in [6.45, 7) is 7.54. The largest absolute Gasteiger partial charge is 0.324 e. The van der Waals surface area contributed by atoms with Crippen molar-refractivity contribution in [3.05, 3.63) is 57.1 Å². The quantitative estimate of drug-likeness (QED) is 0.676. The van der Waals surface area contributed by atoms with Crippen molar-refractivity contribution in [3.8, 4) is 0 Å². The highest BCUT2D eigenvalue weighted by Crippen LogP contribution is 2.30. The van der Waals surface area contributed by atoms with Crippen LogP contribution < -0.4 is 9.62 Å². The summed E-state index contributed by atoms with van der Waals surface area (Å²) in [7, 11) is -3.77. The molecule has 2 aromatic carbocycles. The number of nitrogens with one attached hydrogen (secondary N) is 1. The lowest BCUT2D eigenvalue weighted by Gasteiger charge is -2.30. The predicted octanol–water partition coefficient (Wildman–Crippen LogP) is 5.10. The van der Waals surface area contributed by atoms with E-state index < -0.39 is 22.0 Å². The number of rotatable bonds is 6. The van der Waals surface area contributed by atoms with Crippen molar-refractivity contribution in [1.82, 2.24) is 0 Å². The zero-order chi connectivity index (χ0) is 21.2. The van der Waals surface area contributed by atoms with E-state index in [4.69, 9.17) is 23.2 Å². The standard InChI is InChI=1S/C20H24Cl2N2O3S/c1-6-18(20(25)23-19-13(3)7-12(2)8-14(19)4)24(28(5,26)27)17-10-15(21)9-16(22)11-17/h7-11,18H,6H2,1-5H3,(H,23,25)/t18-/m0/s1. The molecule has 1 amide bonds. The first-order valence-corrected chi connectivity index (χ1v) is 11.4. The first-order chi connectivity index (χ1) is 12.9. The van der Waals surface area contributed by atoms with Gasteiger partial charge in [0.15, 0.2) is 0 Å². The molecule has 0 bridgehead atoms. The molecule has 0 saturated carbocycles. The maximum absolute atomic E-state index is 13.1. The molecule has 28 heavy (non-hydrogen) atoms. The molecule has 0 heterocycles. The number of nitrogens with zero attached hydrogens (tertiary/aromatic N) is 1. The number of aryl methyl sites for hydroxylation is 3. The van der Waals surface area contributed by atoms with Gasteiger partial charge >= 0.3 is 0 Å². The van der Waals surface area contributed by atoms with Gasteiger partial charge in [0.05, 0.1) is 11.9 Å². The van der Waals surface area contributed by atoms with E-state index >= 15 is 0 Å². The van der Waals surface area contributed by atoms with Crippen LogP contribution in [0.25, 0.3) is 0 Å². The third-order valence-corrected chi connectivity index (χ3v) is 5.97. The highest BCUT2D eigenvalue weighted by atomic mass is 35.5. The van der Waals surface area contributed by atoms with Crippen LogP contribution >= 0.6 is 23.2 Å². The average Bonchev–Trinajstić information content (AvgIpc) is 2.53. The highest BCUT2D eigenvalue weighted by Gasteiger charge is 2.32. The Morgan fingerprint density at radius 1 is 1.04 bits per heavy atom. The number of halogens is 2. The van der Waals surface area contributed by atoms with Gasteiger partial charge in [0.25, 0.3) is 0 Å². The first-order valence-electron chi connectivity index (χ1n) is 8.78. The Kier molecular flexibility index (Phi) is 7.02. The second-order valence-electron chi connectivity index (χ2n) is 6.87. The van der Waals surface area contributed by atoms with Crippen LogP contribution in [0.5, 0.6) is 0 Å². The molecule has 2 aromatic rings. The van der Waals surface area contributed by atoms with Crippen LogP contribution in [-0.2, 0) is 14.8 Å². The van der Waals surface area contributed by atoms with E-state index in [1.165, 1.54) is 18.2 Å². The third kappa shape index (κ3) is 5.19. The second-order valence-corrected chi connectivity index (χ2v) is 9.61. The molecule has 0 unspecified atom stereocenters. The molecule has 0 aliphatic heterocycles. The average molecular weight is 443 g/mol. The Morgan fingerprint density at radius 3 is 1.96 bits per heavy atom. The maximum atomic E-state index is 13.1. The Hall–Kier alpha value is -1.76. The van der Waals surface area contributed by atoms with Crippen molar-refractivity contribution in [2.24, 2.45) is 0 Å². The minimum absolute atomic E-state index is 0.249. The molecule has 2 rings (SSSR count). The zero-order valence-electron chi connectivity index (χ0n) is 16.5. The smallest absolute Gasteiger partial charge is 0.248 e. The number of benzene rings is 2. The van der Waals surface area contributed by atoms with Gasteiger partial charge in [0, 0.05) is 15.7 Å². The molecule has 0 aliphatic carbocycles. The summed E-state index contributed by atoms with van der Waals surface area (Å²) in [4.78, 5) is 13.1. The van der Waals surface area contributed by atoms with E-state index in [-0.39, 0.29) is 22.2 Å². The summed E-state index contributed by atoms with van der Waals surface area (Å²) in [6, 6.07) is 7.44. The number of hydrogen-bond acceptors (Lipinski definition) is 3. The number of hydrogen-bond donors (Lipinski definition) is 1. The van der Waals surface area contributed by atoms with Crippen LogP contribution in [0, 0.1) is 20.8 Å². The number of anilines is 2. The lowest BCUT2D eigenvalue weighted by molar-refractivity contribution is -0.117. The molecular formula is C20H24Cl2N2O3S. The number of carbonyl (C=O) groups excluding carboxylic acids is 1. The van der Waals surface area contributed by atoms with E-state index in [1.54, 1.807) is 6.92 Å². The monoisotopic (exact) mass is 442 g/mol. The molecule has 0 aliphatic rings. The van der Waals surface area contributed by atoms with Crippen LogP contribution in [0.15, 0.2) is 30.3 Å². The Labute approximate surface area is 176 Å². The summed E-state index contributed by atoms with van der Waals surface area (Å²) in [5.74, 6) is -0.418. The predicted molar refractivity (Wildman–Crippen MR) is 117 cm³/mol. The number of amides is 1. The Morgan fingerprint density at radius 2 is 1.54 bits per heavy atom. The lowest BCUT2D eigenvalue weighted by Crippen LogP contribution is -2.47. The van der Waals surface area contributed by atoms with Gasteiger partial charge in [-0.3, -0.25) is 9.10 Å². The molecule has 1 atom stereocenters. The van der Waals surface area contributed by atoms with Crippen LogP contribution in [0.2, 0.25) is 10.0 Å². The fraction of sp³-hybridized carbons (Fsp3) is 0.350. The molecule has 0 aromatic heterocycles. The van der Waals surface area contributed by atoms with Crippen LogP contribution in [0.4, 0.5) is 11.4 Å². The van der Waals surface area contributed by atoms with Crippen molar-refractivity contribution >= 4 is 50.5 Å². The molecule has 5 nitrogen and oxygen atoms in total. The van der Waals surface area contributed by atoms with Crippen LogP contribution in [0.3, 0.4) is 0 Å². The van der Waals surface area contributed by atoms with Gasteiger partial charge in [-0.25, -0.2) is 8.42 Å². The second kappa shape index (κ2) is 8.72. The van der Waals surface area contributed by atoms with Crippen molar-refractivity contribution in [2.45, 2.75) is 40.2 Å². The van der Waals surface area contributed by atoms with E-state index in [0.29, 0.717) is 5.69 Å². The molecule has 0 fully saturated rings. The zero-order valence-corrected chi connectivity index (χ0v) is 18.8. The fourth-order valence-electron chi connectivity index (χ4n) is 3.31. The van der Waals surface area contributed by atoms with Gasteiger partial charge in [-0.15, -0.1) is 0 Å². The first kappa shape index (κ1) is 22.5. The minimum Gasteiger partial charge on any atom is -0.324 e. The summed E-state index contributed by atoms with van der Waals surface area (Å²) >= 11 is 12.1. The molecule has 0 radical (unpaired) electrons. The molecule has 1 N–H and O–H groups in total. The molecule has 152 valence electrons. The summed E-state index contributed by atoms with van der Waals surface area (Å²) < 4.78 is 26.2. The topological polar surface area (TPSA) is 66.5 Å². The molecular weight excluding hydrogens is 419 g/mol. The van der Waals surface area contributed by atoms with E-state index in [9.17, 15) is 13.2 Å². The lowest BCUT2D eigenvalue weighted by atomic mass is 10.0.